The average Bonchev–Trinajstić information content (AvgIpc) is 2.47. The minimum Gasteiger partial charge on any atom is -0.0651 e. The smallest absolute Gasteiger partial charge is 0.0417 e. The SMILES string of the molecule is [CH2]CCCCCCCCCCCC(CC)CCCC[CH2]. The molecule has 0 aromatic heterocycles. The van der Waals surface area contributed by atoms with Crippen LogP contribution in [0, 0.1) is 19.8 Å². The molecule has 0 aliphatic heterocycles. The lowest BCUT2D eigenvalue weighted by molar-refractivity contribution is 0.397. The molecule has 0 aliphatic carbocycles. The van der Waals surface area contributed by atoms with Crippen LogP contribution in [-0.2, 0) is 0 Å². The van der Waals surface area contributed by atoms with E-state index in [2.05, 4.69) is 20.8 Å². The van der Waals surface area contributed by atoms with Gasteiger partial charge in [0.25, 0.3) is 0 Å². The van der Waals surface area contributed by atoms with Crippen molar-refractivity contribution in [3.05, 3.63) is 13.8 Å². The van der Waals surface area contributed by atoms with Gasteiger partial charge in [0.1, 0.15) is 0 Å². The van der Waals surface area contributed by atoms with Gasteiger partial charge in [0.05, 0.1) is 0 Å². The maximum atomic E-state index is 3.93. The highest BCUT2D eigenvalue weighted by Crippen LogP contribution is 2.21. The number of hydrogen-bond acceptors (Lipinski definition) is 0. The topological polar surface area (TPSA) is 0 Å². The van der Waals surface area contributed by atoms with Gasteiger partial charge in [-0.2, -0.15) is 0 Å². The van der Waals surface area contributed by atoms with Crippen molar-refractivity contribution in [1.29, 1.82) is 0 Å². The molecule has 0 amide bonds. The van der Waals surface area contributed by atoms with Gasteiger partial charge in [-0.15, -0.1) is 0 Å². The summed E-state index contributed by atoms with van der Waals surface area (Å²) in [6.45, 7) is 10.2. The molecule has 0 heterocycles. The maximum Gasteiger partial charge on any atom is -0.0417 e. The lowest BCUT2D eigenvalue weighted by Gasteiger charge is -2.14. The quantitative estimate of drug-likeness (QED) is 0.256. The van der Waals surface area contributed by atoms with Gasteiger partial charge in [-0.1, -0.05) is 124 Å². The normalized spacial score (nSPS) is 12.8. The van der Waals surface area contributed by atoms with Crippen LogP contribution in [-0.4, -0.2) is 0 Å². The average molecular weight is 281 g/mol. The Balaban J connectivity index is 3.20. The lowest BCUT2D eigenvalue weighted by atomic mass is 9.92. The summed E-state index contributed by atoms with van der Waals surface area (Å²) in [5.74, 6) is 0.990. The van der Waals surface area contributed by atoms with E-state index in [-0.39, 0.29) is 0 Å². The first kappa shape index (κ1) is 20.0. The molecule has 1 atom stereocenters. The van der Waals surface area contributed by atoms with E-state index in [9.17, 15) is 0 Å². The second-order valence-electron chi connectivity index (χ2n) is 6.45. The van der Waals surface area contributed by atoms with Crippen molar-refractivity contribution in [3.63, 3.8) is 0 Å². The van der Waals surface area contributed by atoms with Crippen LogP contribution < -0.4 is 0 Å². The molecule has 0 N–H and O–H groups in total. The van der Waals surface area contributed by atoms with Crippen molar-refractivity contribution >= 4 is 0 Å². The molecule has 0 saturated carbocycles. The largest absolute Gasteiger partial charge is 0.0651 e. The fourth-order valence-corrected chi connectivity index (χ4v) is 3.01. The molecule has 1 unspecified atom stereocenters. The Morgan fingerprint density at radius 3 is 1.35 bits per heavy atom. The summed E-state index contributed by atoms with van der Waals surface area (Å²) in [5.41, 5.74) is 0. The van der Waals surface area contributed by atoms with Gasteiger partial charge in [0, 0.05) is 0 Å². The molecule has 0 aromatic rings. The standard InChI is InChI=1S/C20H40/c1-4-7-9-10-11-12-13-14-15-17-19-20(6-3)18-16-8-5-2/h20H,1-2,4-19H2,3H3. The van der Waals surface area contributed by atoms with Crippen molar-refractivity contribution in [1.82, 2.24) is 0 Å². The van der Waals surface area contributed by atoms with Crippen molar-refractivity contribution in [2.45, 2.75) is 110 Å². The summed E-state index contributed by atoms with van der Waals surface area (Å²) in [6.07, 6.45) is 22.2. The summed E-state index contributed by atoms with van der Waals surface area (Å²) in [6, 6.07) is 0. The Kier molecular flexibility index (Phi) is 17.1. The fraction of sp³-hybridized carbons (Fsp3) is 0.900. The molecule has 0 spiro atoms. The van der Waals surface area contributed by atoms with Crippen molar-refractivity contribution in [3.8, 4) is 0 Å². The van der Waals surface area contributed by atoms with Crippen LogP contribution in [0.25, 0.3) is 0 Å². The Bertz CT molecular complexity index is 161. The predicted molar refractivity (Wildman–Crippen MR) is 93.8 cm³/mol. The van der Waals surface area contributed by atoms with Crippen LogP contribution in [0.1, 0.15) is 110 Å². The van der Waals surface area contributed by atoms with Crippen molar-refractivity contribution in [2.75, 3.05) is 0 Å². The zero-order valence-electron chi connectivity index (χ0n) is 14.3. The molecular formula is C20H40. The van der Waals surface area contributed by atoms with Crippen LogP contribution in [0.5, 0.6) is 0 Å². The van der Waals surface area contributed by atoms with E-state index >= 15 is 0 Å². The van der Waals surface area contributed by atoms with Crippen LogP contribution in [0.2, 0.25) is 0 Å². The molecule has 120 valence electrons. The van der Waals surface area contributed by atoms with Crippen LogP contribution >= 0.6 is 0 Å². The molecule has 0 fully saturated rings. The highest BCUT2D eigenvalue weighted by molar-refractivity contribution is 4.59. The second kappa shape index (κ2) is 17.1. The Hall–Kier alpha value is 0. The second-order valence-corrected chi connectivity index (χ2v) is 6.45. The Labute approximate surface area is 130 Å². The van der Waals surface area contributed by atoms with Crippen molar-refractivity contribution in [2.24, 2.45) is 5.92 Å². The van der Waals surface area contributed by atoms with E-state index in [0.717, 1.165) is 18.8 Å². The first-order valence-corrected chi connectivity index (χ1v) is 9.43. The third-order valence-electron chi connectivity index (χ3n) is 4.55. The number of rotatable bonds is 16. The Morgan fingerprint density at radius 2 is 0.900 bits per heavy atom. The van der Waals surface area contributed by atoms with E-state index in [1.165, 1.54) is 89.9 Å². The first-order valence-electron chi connectivity index (χ1n) is 9.43. The molecule has 0 saturated heterocycles. The fourth-order valence-electron chi connectivity index (χ4n) is 3.01. The van der Waals surface area contributed by atoms with E-state index in [0.29, 0.717) is 0 Å². The Morgan fingerprint density at radius 1 is 0.550 bits per heavy atom. The summed E-state index contributed by atoms with van der Waals surface area (Å²) in [7, 11) is 0. The van der Waals surface area contributed by atoms with Gasteiger partial charge >= 0.3 is 0 Å². The first-order chi connectivity index (χ1) is 9.85. The third-order valence-corrected chi connectivity index (χ3v) is 4.55. The predicted octanol–water partition coefficient (Wildman–Crippen LogP) is 7.53. The summed E-state index contributed by atoms with van der Waals surface area (Å²) in [4.78, 5) is 0. The van der Waals surface area contributed by atoms with Crippen LogP contribution in [0.3, 0.4) is 0 Å². The molecule has 0 heteroatoms. The van der Waals surface area contributed by atoms with E-state index in [1.807, 2.05) is 0 Å². The summed E-state index contributed by atoms with van der Waals surface area (Å²) >= 11 is 0. The molecule has 0 rings (SSSR count). The number of hydrogen-bond donors (Lipinski definition) is 0. The van der Waals surface area contributed by atoms with E-state index in [1.54, 1.807) is 0 Å². The molecule has 0 aliphatic rings. The number of unbranched alkanes of at least 4 members (excludes halogenated alkanes) is 11. The lowest BCUT2D eigenvalue weighted by Crippen LogP contribution is -1.99. The van der Waals surface area contributed by atoms with Gasteiger partial charge in [-0.25, -0.2) is 0 Å². The molecule has 20 heavy (non-hydrogen) atoms. The van der Waals surface area contributed by atoms with Crippen LogP contribution in [0.4, 0.5) is 0 Å². The van der Waals surface area contributed by atoms with Gasteiger partial charge in [-0.3, -0.25) is 0 Å². The summed E-state index contributed by atoms with van der Waals surface area (Å²) < 4.78 is 0. The van der Waals surface area contributed by atoms with Gasteiger partial charge in [0.15, 0.2) is 0 Å². The van der Waals surface area contributed by atoms with E-state index < -0.39 is 0 Å². The monoisotopic (exact) mass is 280 g/mol. The zero-order chi connectivity index (χ0) is 14.9. The molecular weight excluding hydrogens is 240 g/mol. The molecule has 0 bridgehead atoms. The highest BCUT2D eigenvalue weighted by Gasteiger charge is 2.05. The van der Waals surface area contributed by atoms with Gasteiger partial charge in [-0.05, 0) is 5.92 Å². The van der Waals surface area contributed by atoms with Gasteiger partial charge < -0.3 is 0 Å². The minimum absolute atomic E-state index is 0.990. The van der Waals surface area contributed by atoms with Crippen molar-refractivity contribution < 1.29 is 0 Å². The summed E-state index contributed by atoms with van der Waals surface area (Å²) in [5, 5.41) is 0. The molecule has 2 radical (unpaired) electrons. The molecule has 0 nitrogen and oxygen atoms in total. The van der Waals surface area contributed by atoms with E-state index in [4.69, 9.17) is 0 Å². The molecule has 0 aromatic carbocycles. The highest BCUT2D eigenvalue weighted by atomic mass is 14.1. The zero-order valence-corrected chi connectivity index (χ0v) is 14.3. The third kappa shape index (κ3) is 14.4. The minimum atomic E-state index is 0.990. The van der Waals surface area contributed by atoms with Gasteiger partial charge in [0.2, 0.25) is 0 Å². The van der Waals surface area contributed by atoms with Crippen LogP contribution in [0.15, 0.2) is 0 Å². The maximum absolute atomic E-state index is 3.93.